The molecule has 190 valence electrons. The second kappa shape index (κ2) is 10.1. The predicted molar refractivity (Wildman–Crippen MR) is 129 cm³/mol. The molecule has 6 nitrogen and oxygen atoms in total. The Labute approximate surface area is 207 Å². The molecular formula is C27H27F3N2O4. The first-order valence-corrected chi connectivity index (χ1v) is 11.7. The topological polar surface area (TPSA) is 71.9 Å². The highest BCUT2D eigenvalue weighted by Gasteiger charge is 2.37. The minimum Gasteiger partial charge on any atom is -0.478 e. The van der Waals surface area contributed by atoms with Crippen LogP contribution in [-0.4, -0.2) is 22.4 Å². The van der Waals surface area contributed by atoms with Crippen LogP contribution in [-0.2, 0) is 22.6 Å². The molecule has 2 aromatic rings. The summed E-state index contributed by atoms with van der Waals surface area (Å²) in [6.07, 6.45) is 5.18. The van der Waals surface area contributed by atoms with Gasteiger partial charge in [-0.25, -0.2) is 9.78 Å². The second-order valence-electron chi connectivity index (χ2n) is 8.77. The highest BCUT2D eigenvalue weighted by molar-refractivity contribution is 5.87. The van der Waals surface area contributed by atoms with Crippen molar-refractivity contribution in [3.63, 3.8) is 0 Å². The normalized spacial score (nSPS) is 19.6. The molecule has 1 aliphatic heterocycles. The number of benzene rings is 1. The van der Waals surface area contributed by atoms with E-state index in [0.717, 1.165) is 16.7 Å². The number of aliphatic carboxylic acids is 1. The molecule has 1 aromatic carbocycles. The largest absolute Gasteiger partial charge is 0.573 e. The lowest BCUT2D eigenvalue weighted by Gasteiger charge is -2.38. The maximum Gasteiger partial charge on any atom is 0.573 e. The molecule has 36 heavy (non-hydrogen) atoms. The van der Waals surface area contributed by atoms with Crippen LogP contribution in [0.4, 0.5) is 19.0 Å². The van der Waals surface area contributed by atoms with Crippen LogP contribution in [0.25, 0.3) is 6.08 Å². The van der Waals surface area contributed by atoms with Crippen LogP contribution in [0.3, 0.4) is 0 Å². The highest BCUT2D eigenvalue weighted by Crippen LogP contribution is 2.45. The Morgan fingerprint density at radius 3 is 2.61 bits per heavy atom. The van der Waals surface area contributed by atoms with Crippen molar-refractivity contribution in [3.05, 3.63) is 82.3 Å². The number of alkyl halides is 3. The van der Waals surface area contributed by atoms with Gasteiger partial charge in [-0.2, -0.15) is 5.06 Å². The Hall–Kier alpha value is -3.75. The van der Waals surface area contributed by atoms with Crippen molar-refractivity contribution in [3.8, 4) is 5.75 Å². The molecule has 1 aliphatic carbocycles. The molecule has 0 saturated heterocycles. The minimum absolute atomic E-state index is 0.0387. The number of hydroxylamine groups is 1. The Bertz CT molecular complexity index is 1230. The van der Waals surface area contributed by atoms with Crippen LogP contribution < -0.4 is 9.80 Å². The summed E-state index contributed by atoms with van der Waals surface area (Å²) in [6, 6.07) is 5.60. The third-order valence-electron chi connectivity index (χ3n) is 6.45. The summed E-state index contributed by atoms with van der Waals surface area (Å²) in [4.78, 5) is 22.8. The number of carbonyl (C=O) groups is 1. The number of rotatable bonds is 6. The van der Waals surface area contributed by atoms with E-state index in [2.05, 4.69) is 11.7 Å². The van der Waals surface area contributed by atoms with E-state index in [0.29, 0.717) is 35.6 Å². The number of allylic oxidation sites excluding steroid dienone is 4. The van der Waals surface area contributed by atoms with E-state index >= 15 is 0 Å². The minimum atomic E-state index is -4.76. The number of hydrogen-bond donors (Lipinski definition) is 1. The quantitative estimate of drug-likeness (QED) is 0.485. The van der Waals surface area contributed by atoms with Crippen LogP contribution in [0, 0.1) is 5.92 Å². The zero-order valence-corrected chi connectivity index (χ0v) is 20.2. The van der Waals surface area contributed by atoms with Gasteiger partial charge in [0.15, 0.2) is 5.82 Å². The molecule has 2 aliphatic rings. The number of anilines is 1. The Kier molecular flexibility index (Phi) is 7.10. The van der Waals surface area contributed by atoms with E-state index in [1.807, 2.05) is 26.0 Å². The molecule has 0 radical (unpaired) electrons. The number of halogens is 3. The fourth-order valence-electron chi connectivity index (χ4n) is 4.82. The number of carboxylic acids is 1. The summed E-state index contributed by atoms with van der Waals surface area (Å²) < 4.78 is 41.6. The van der Waals surface area contributed by atoms with Gasteiger partial charge in [0.25, 0.3) is 0 Å². The summed E-state index contributed by atoms with van der Waals surface area (Å²) in [6.45, 7) is 6.24. The fraction of sp³-hybridized carbons (Fsp3) is 0.333. The molecule has 0 spiro atoms. The molecule has 0 amide bonds. The average Bonchev–Trinajstić information content (AvgIpc) is 2.82. The van der Waals surface area contributed by atoms with Crippen molar-refractivity contribution >= 4 is 17.9 Å². The van der Waals surface area contributed by atoms with Gasteiger partial charge < -0.3 is 14.7 Å². The molecule has 9 heteroatoms. The predicted octanol–water partition coefficient (Wildman–Crippen LogP) is 6.55. The summed E-state index contributed by atoms with van der Waals surface area (Å²) >= 11 is 0. The van der Waals surface area contributed by atoms with Crippen molar-refractivity contribution in [2.24, 2.45) is 5.92 Å². The lowest BCUT2D eigenvalue weighted by Crippen LogP contribution is -2.33. The number of aromatic nitrogens is 1. The van der Waals surface area contributed by atoms with Crippen LogP contribution in [0.2, 0.25) is 0 Å². The van der Waals surface area contributed by atoms with Gasteiger partial charge >= 0.3 is 12.3 Å². The van der Waals surface area contributed by atoms with Crippen molar-refractivity contribution in [2.45, 2.75) is 52.4 Å². The summed E-state index contributed by atoms with van der Waals surface area (Å²) in [5.74, 6) is -0.279. The molecular weight excluding hydrogens is 473 g/mol. The first-order chi connectivity index (χ1) is 17.1. The zero-order valence-electron chi connectivity index (χ0n) is 20.2. The lowest BCUT2D eigenvalue weighted by molar-refractivity contribution is -0.274. The third-order valence-corrected chi connectivity index (χ3v) is 6.45. The van der Waals surface area contributed by atoms with Crippen molar-refractivity contribution in [1.82, 2.24) is 4.98 Å². The molecule has 2 heterocycles. The molecule has 1 aromatic heterocycles. The van der Waals surface area contributed by atoms with E-state index < -0.39 is 12.3 Å². The number of nitrogens with zero attached hydrogens (tertiary/aromatic N) is 2. The average molecular weight is 501 g/mol. The van der Waals surface area contributed by atoms with E-state index in [-0.39, 0.29) is 24.1 Å². The van der Waals surface area contributed by atoms with Gasteiger partial charge in [0.2, 0.25) is 0 Å². The van der Waals surface area contributed by atoms with Gasteiger partial charge in [0.05, 0.1) is 6.54 Å². The molecule has 2 bridgehead atoms. The number of pyridine rings is 1. The zero-order chi connectivity index (χ0) is 26.0. The maximum atomic E-state index is 12.5. The second-order valence-corrected chi connectivity index (χ2v) is 8.77. The van der Waals surface area contributed by atoms with E-state index in [1.54, 1.807) is 35.5 Å². The van der Waals surface area contributed by atoms with Gasteiger partial charge in [0.1, 0.15) is 11.5 Å². The smallest absolute Gasteiger partial charge is 0.478 e. The number of ether oxygens (including phenoxy) is 1. The monoisotopic (exact) mass is 500 g/mol. The van der Waals surface area contributed by atoms with Crippen molar-refractivity contribution in [1.29, 1.82) is 0 Å². The van der Waals surface area contributed by atoms with Gasteiger partial charge in [-0.05, 0) is 66.7 Å². The first-order valence-electron chi connectivity index (χ1n) is 11.7. The third kappa shape index (κ3) is 5.24. The number of carboxylic acid groups (broad SMARTS) is 1. The summed E-state index contributed by atoms with van der Waals surface area (Å²) in [7, 11) is 0. The number of fused-ring (bicyclic) bond motifs is 3. The van der Waals surface area contributed by atoms with Crippen LogP contribution in [0.1, 0.15) is 55.4 Å². The molecule has 1 N–H and O–H groups in total. The fourth-order valence-corrected chi connectivity index (χ4v) is 4.82. The van der Waals surface area contributed by atoms with E-state index in [9.17, 15) is 23.1 Å². The Morgan fingerprint density at radius 1 is 1.28 bits per heavy atom. The SMILES string of the molecule is C/C=C\c1cnc2c(CC)c1C(C)C1CC(C(=O)O)=CC=C1ON2Cc1ccc(OC(F)(F)F)cc1. The molecule has 2 atom stereocenters. The Morgan fingerprint density at radius 2 is 2.00 bits per heavy atom. The first kappa shape index (κ1) is 25.3. The lowest BCUT2D eigenvalue weighted by atomic mass is 9.76. The molecule has 0 fully saturated rings. The van der Waals surface area contributed by atoms with E-state index in [4.69, 9.17) is 9.82 Å². The van der Waals surface area contributed by atoms with Crippen molar-refractivity contribution in [2.75, 3.05) is 5.06 Å². The summed E-state index contributed by atoms with van der Waals surface area (Å²) in [5, 5.41) is 11.2. The van der Waals surface area contributed by atoms with Crippen LogP contribution in [0.15, 0.2) is 60.0 Å². The highest BCUT2D eigenvalue weighted by atomic mass is 19.4. The van der Waals surface area contributed by atoms with Gasteiger partial charge in [-0.15, -0.1) is 13.2 Å². The maximum absolute atomic E-state index is 12.5. The van der Waals surface area contributed by atoms with Gasteiger partial charge in [0, 0.05) is 23.3 Å². The van der Waals surface area contributed by atoms with Gasteiger partial charge in [-0.3, -0.25) is 0 Å². The molecule has 2 unspecified atom stereocenters. The van der Waals surface area contributed by atoms with Crippen LogP contribution in [0.5, 0.6) is 5.75 Å². The molecule has 4 rings (SSSR count). The van der Waals surface area contributed by atoms with Gasteiger partial charge in [-0.1, -0.05) is 38.1 Å². The Balaban J connectivity index is 1.78. The number of hydrogen-bond acceptors (Lipinski definition) is 5. The molecule has 0 saturated carbocycles. The van der Waals surface area contributed by atoms with Crippen LogP contribution >= 0.6 is 0 Å². The summed E-state index contributed by atoms with van der Waals surface area (Å²) in [5.41, 5.74) is 4.04. The van der Waals surface area contributed by atoms with E-state index in [1.165, 1.54) is 12.1 Å². The standard InChI is InChI=1S/C27H27F3N2O4/c1-4-6-19-14-31-25-21(5-2)24(19)16(3)22-13-18(26(33)34)9-12-23(22)36-32(25)15-17-7-10-20(11-8-17)35-27(28,29)30/h4,6-12,14,16,22H,5,13,15H2,1-3H3,(H,33,34)/b6-4-. The van der Waals surface area contributed by atoms with Crippen molar-refractivity contribution < 1.29 is 32.6 Å².